The molecule has 1 saturated heterocycles. The number of likely N-dealkylation sites (tertiary alicyclic amines) is 1. The first-order valence-corrected chi connectivity index (χ1v) is 8.85. The summed E-state index contributed by atoms with van der Waals surface area (Å²) in [6, 6.07) is 4.80. The van der Waals surface area contributed by atoms with Crippen LogP contribution in [-0.4, -0.2) is 54.9 Å². The lowest BCUT2D eigenvalue weighted by molar-refractivity contribution is 0.103. The number of nitrogens with zero attached hydrogens (tertiary/aromatic N) is 1. The molecular formula is C19H32N2O2. The van der Waals surface area contributed by atoms with E-state index in [1.165, 1.54) is 24.9 Å². The van der Waals surface area contributed by atoms with Crippen LogP contribution < -0.4 is 10.1 Å². The second kappa shape index (κ2) is 8.67. The third-order valence-electron chi connectivity index (χ3n) is 4.96. The Morgan fingerprint density at radius 1 is 1.30 bits per heavy atom. The minimum Gasteiger partial charge on any atom is -0.490 e. The Morgan fingerprint density at radius 3 is 2.78 bits per heavy atom. The van der Waals surface area contributed by atoms with Crippen LogP contribution in [0.5, 0.6) is 5.75 Å². The summed E-state index contributed by atoms with van der Waals surface area (Å²) in [5.41, 5.74) is 3.51. The number of hydrogen-bond acceptors (Lipinski definition) is 4. The lowest BCUT2D eigenvalue weighted by Gasteiger charge is -2.24. The number of aliphatic hydroxyl groups excluding tert-OH is 1. The van der Waals surface area contributed by atoms with Gasteiger partial charge in [0.1, 0.15) is 18.5 Å². The van der Waals surface area contributed by atoms with Crippen LogP contribution in [-0.2, 0) is 0 Å². The van der Waals surface area contributed by atoms with E-state index in [-0.39, 0.29) is 0 Å². The van der Waals surface area contributed by atoms with Crippen LogP contribution in [0.1, 0.15) is 36.5 Å². The van der Waals surface area contributed by atoms with E-state index >= 15 is 0 Å². The van der Waals surface area contributed by atoms with Crippen LogP contribution in [0.3, 0.4) is 0 Å². The third-order valence-corrected chi connectivity index (χ3v) is 4.96. The van der Waals surface area contributed by atoms with Crippen molar-refractivity contribution in [1.82, 2.24) is 10.2 Å². The fourth-order valence-electron chi connectivity index (χ4n) is 3.35. The number of likely N-dealkylation sites (N-methyl/N-ethyl adjacent to an activating group) is 1. The number of benzene rings is 1. The summed E-state index contributed by atoms with van der Waals surface area (Å²) in [6.07, 6.45) is 2.07. The summed E-state index contributed by atoms with van der Waals surface area (Å²) in [6.45, 7) is 12.6. The van der Waals surface area contributed by atoms with Crippen LogP contribution in [0.4, 0.5) is 0 Å². The van der Waals surface area contributed by atoms with E-state index in [9.17, 15) is 5.11 Å². The second-order valence-electron chi connectivity index (χ2n) is 6.70. The average Bonchev–Trinajstić information content (AvgIpc) is 2.98. The topological polar surface area (TPSA) is 44.7 Å². The summed E-state index contributed by atoms with van der Waals surface area (Å²) in [5.74, 6) is 0.914. The quantitative estimate of drug-likeness (QED) is 0.772. The molecule has 4 nitrogen and oxygen atoms in total. The Hall–Kier alpha value is -1.10. The number of nitrogens with one attached hydrogen (secondary N) is 1. The highest BCUT2D eigenvalue weighted by Crippen LogP contribution is 2.25. The first kappa shape index (κ1) is 18.2. The van der Waals surface area contributed by atoms with E-state index in [1.54, 1.807) is 0 Å². The van der Waals surface area contributed by atoms with Gasteiger partial charge in [0, 0.05) is 19.1 Å². The smallest absolute Gasteiger partial charge is 0.125 e. The number of hydrogen-bond donors (Lipinski definition) is 2. The van der Waals surface area contributed by atoms with E-state index in [1.807, 2.05) is 6.92 Å². The molecule has 0 radical (unpaired) electrons. The maximum Gasteiger partial charge on any atom is 0.125 e. The molecular weight excluding hydrogens is 288 g/mol. The highest BCUT2D eigenvalue weighted by molar-refractivity contribution is 5.44. The molecule has 0 aromatic heterocycles. The normalized spacial score (nSPS) is 20.0. The van der Waals surface area contributed by atoms with Gasteiger partial charge < -0.3 is 15.2 Å². The van der Waals surface area contributed by atoms with Gasteiger partial charge in [0.2, 0.25) is 0 Å². The molecule has 1 aliphatic rings. The Morgan fingerprint density at radius 2 is 2.04 bits per heavy atom. The minimum absolute atomic E-state index is 0.334. The van der Waals surface area contributed by atoms with Crippen molar-refractivity contribution < 1.29 is 9.84 Å². The van der Waals surface area contributed by atoms with Crippen LogP contribution in [0, 0.1) is 20.8 Å². The molecule has 0 amide bonds. The van der Waals surface area contributed by atoms with Crippen molar-refractivity contribution in [2.24, 2.45) is 0 Å². The largest absolute Gasteiger partial charge is 0.490 e. The van der Waals surface area contributed by atoms with Crippen molar-refractivity contribution in [3.05, 3.63) is 28.8 Å². The molecule has 1 heterocycles. The zero-order valence-corrected chi connectivity index (χ0v) is 15.1. The molecule has 23 heavy (non-hydrogen) atoms. The maximum absolute atomic E-state index is 10.2. The van der Waals surface area contributed by atoms with Crippen molar-refractivity contribution in [2.45, 2.75) is 52.7 Å². The molecule has 2 N–H and O–H groups in total. The predicted molar refractivity (Wildman–Crippen MR) is 95.3 cm³/mol. The standard InChI is InChI=1S/C19H32N2O2/c1-5-21-10-6-7-17(21)11-20-12-18(22)13-23-19-15(3)9-8-14(2)16(19)4/h8-9,17-18,20,22H,5-7,10-13H2,1-4H3/t17-,18+/m1/s1. The van der Waals surface area contributed by atoms with E-state index in [4.69, 9.17) is 4.74 Å². The van der Waals surface area contributed by atoms with E-state index in [0.717, 1.165) is 30.0 Å². The summed E-state index contributed by atoms with van der Waals surface area (Å²) in [5, 5.41) is 13.6. The third kappa shape index (κ3) is 4.93. The second-order valence-corrected chi connectivity index (χ2v) is 6.70. The van der Waals surface area contributed by atoms with Gasteiger partial charge >= 0.3 is 0 Å². The SMILES string of the molecule is CCN1CCC[C@@H]1CNC[C@H](O)COc1c(C)ccc(C)c1C. The first-order valence-electron chi connectivity index (χ1n) is 8.85. The summed E-state index contributed by atoms with van der Waals surface area (Å²) in [4.78, 5) is 2.51. The predicted octanol–water partition coefficient (Wildman–Crippen LogP) is 2.43. The summed E-state index contributed by atoms with van der Waals surface area (Å²) < 4.78 is 5.87. The molecule has 1 aliphatic heterocycles. The highest BCUT2D eigenvalue weighted by atomic mass is 16.5. The molecule has 2 rings (SSSR count). The fourth-order valence-corrected chi connectivity index (χ4v) is 3.35. The van der Waals surface area contributed by atoms with Gasteiger partial charge in [0.15, 0.2) is 0 Å². The maximum atomic E-state index is 10.2. The molecule has 0 saturated carbocycles. The van der Waals surface area contributed by atoms with Crippen LogP contribution in [0.15, 0.2) is 12.1 Å². The molecule has 0 aliphatic carbocycles. The van der Waals surface area contributed by atoms with Gasteiger partial charge in [-0.1, -0.05) is 19.1 Å². The molecule has 1 fully saturated rings. The van der Waals surface area contributed by atoms with Gasteiger partial charge in [-0.15, -0.1) is 0 Å². The molecule has 130 valence electrons. The number of rotatable bonds is 8. The van der Waals surface area contributed by atoms with Crippen molar-refractivity contribution in [3.8, 4) is 5.75 Å². The minimum atomic E-state index is -0.481. The molecule has 1 aromatic rings. The van der Waals surface area contributed by atoms with E-state index in [2.05, 4.69) is 43.1 Å². The van der Waals surface area contributed by atoms with E-state index in [0.29, 0.717) is 19.2 Å². The van der Waals surface area contributed by atoms with Gasteiger partial charge in [0.25, 0.3) is 0 Å². The molecule has 4 heteroatoms. The summed E-state index contributed by atoms with van der Waals surface area (Å²) in [7, 11) is 0. The Kier molecular flexibility index (Phi) is 6.88. The number of aliphatic hydroxyl groups is 1. The molecule has 0 bridgehead atoms. The zero-order chi connectivity index (χ0) is 16.8. The van der Waals surface area contributed by atoms with E-state index < -0.39 is 6.10 Å². The Balaban J connectivity index is 1.73. The molecule has 0 spiro atoms. The Bertz CT molecular complexity index is 504. The van der Waals surface area contributed by atoms with Gasteiger partial charge in [-0.2, -0.15) is 0 Å². The average molecular weight is 320 g/mol. The van der Waals surface area contributed by atoms with Crippen LogP contribution in [0.2, 0.25) is 0 Å². The lowest BCUT2D eigenvalue weighted by atomic mass is 10.1. The molecule has 1 aromatic carbocycles. The highest BCUT2D eigenvalue weighted by Gasteiger charge is 2.22. The lowest BCUT2D eigenvalue weighted by Crippen LogP contribution is -2.41. The zero-order valence-electron chi connectivity index (χ0n) is 15.1. The van der Waals surface area contributed by atoms with Gasteiger partial charge in [-0.25, -0.2) is 0 Å². The van der Waals surface area contributed by atoms with Crippen LogP contribution in [0.25, 0.3) is 0 Å². The Labute approximate surface area is 140 Å². The monoisotopic (exact) mass is 320 g/mol. The summed E-state index contributed by atoms with van der Waals surface area (Å²) >= 11 is 0. The molecule has 2 atom stereocenters. The molecule has 0 unspecified atom stereocenters. The van der Waals surface area contributed by atoms with Gasteiger partial charge in [-0.3, -0.25) is 4.90 Å². The van der Waals surface area contributed by atoms with Crippen molar-refractivity contribution in [2.75, 3.05) is 32.8 Å². The van der Waals surface area contributed by atoms with Crippen LogP contribution >= 0.6 is 0 Å². The van der Waals surface area contributed by atoms with Crippen molar-refractivity contribution in [3.63, 3.8) is 0 Å². The van der Waals surface area contributed by atoms with Crippen molar-refractivity contribution in [1.29, 1.82) is 0 Å². The van der Waals surface area contributed by atoms with Crippen molar-refractivity contribution >= 4 is 0 Å². The number of ether oxygens (including phenoxy) is 1. The number of aryl methyl sites for hydroxylation is 2. The van der Waals surface area contributed by atoms with Gasteiger partial charge in [-0.05, 0) is 63.4 Å². The first-order chi connectivity index (χ1) is 11.0. The van der Waals surface area contributed by atoms with Gasteiger partial charge in [0.05, 0.1) is 0 Å². The fraction of sp³-hybridized carbons (Fsp3) is 0.684.